The van der Waals surface area contributed by atoms with Crippen LogP contribution >= 0.6 is 0 Å². The summed E-state index contributed by atoms with van der Waals surface area (Å²) in [5.41, 5.74) is 1.82. The molecule has 4 atom stereocenters. The van der Waals surface area contributed by atoms with Crippen LogP contribution in [0.25, 0.3) is 5.65 Å². The number of carbonyl (C=O) groups excluding carboxylic acids is 1. The molecule has 1 aliphatic carbocycles. The van der Waals surface area contributed by atoms with Gasteiger partial charge in [0.15, 0.2) is 5.65 Å². The summed E-state index contributed by atoms with van der Waals surface area (Å²) < 4.78 is 1.57. The summed E-state index contributed by atoms with van der Waals surface area (Å²) in [4.78, 5) is 18.8. The van der Waals surface area contributed by atoms with Crippen molar-refractivity contribution < 1.29 is 15.0 Å². The van der Waals surface area contributed by atoms with Crippen molar-refractivity contribution in [3.63, 3.8) is 0 Å². The summed E-state index contributed by atoms with van der Waals surface area (Å²) in [6.07, 6.45) is 2.45. The average molecular weight is 364 g/mol. The van der Waals surface area contributed by atoms with Gasteiger partial charge in [-0.2, -0.15) is 5.10 Å². The van der Waals surface area contributed by atoms with E-state index in [-0.39, 0.29) is 30.9 Å². The predicted octanol–water partition coefficient (Wildman–Crippen LogP) is 0.938. The summed E-state index contributed by atoms with van der Waals surface area (Å²) in [7, 11) is 0. The van der Waals surface area contributed by atoms with Crippen LogP contribution in [0.1, 0.15) is 21.8 Å². The van der Waals surface area contributed by atoms with Crippen LogP contribution in [-0.2, 0) is 0 Å². The van der Waals surface area contributed by atoms with Gasteiger partial charge >= 0.3 is 0 Å². The number of carbonyl (C=O) groups is 1. The topological polar surface area (TPSA) is 91.0 Å². The lowest BCUT2D eigenvalue weighted by Crippen LogP contribution is -2.30. The molecule has 1 amide bonds. The Morgan fingerprint density at radius 3 is 2.81 bits per heavy atom. The fourth-order valence-electron chi connectivity index (χ4n) is 4.85. The summed E-state index contributed by atoms with van der Waals surface area (Å²) in [6.45, 7) is 0.713. The number of aliphatic hydroxyl groups excluding tert-OH is 2. The summed E-state index contributed by atoms with van der Waals surface area (Å²) in [5.74, 6) is -0.112. The molecule has 3 aromatic rings. The number of hydrogen-bond acceptors (Lipinski definition) is 5. The van der Waals surface area contributed by atoms with E-state index in [9.17, 15) is 15.0 Å². The van der Waals surface area contributed by atoms with Gasteiger partial charge in [0.05, 0.1) is 11.7 Å². The molecule has 2 aliphatic rings. The van der Waals surface area contributed by atoms with E-state index in [1.165, 1.54) is 6.33 Å². The van der Waals surface area contributed by atoms with Crippen LogP contribution < -0.4 is 0 Å². The fourth-order valence-corrected chi connectivity index (χ4v) is 4.85. The standard InChI is InChI=1S/C20H20N4O3/c25-10-15-18(13-4-2-1-3-5-13)20(15)11-23(9-16(20)26)19(27)14-6-7-17-21-12-22-24(17)8-14/h1-8,12,15-16,18,25-26H,9-11H2/t15-,16+,18-,20-/m1/s1. The van der Waals surface area contributed by atoms with Crippen LogP contribution in [0.3, 0.4) is 0 Å². The van der Waals surface area contributed by atoms with Crippen molar-refractivity contribution in [1.82, 2.24) is 19.5 Å². The lowest BCUT2D eigenvalue weighted by Gasteiger charge is -2.17. The molecule has 2 aromatic heterocycles. The number of fused-ring (bicyclic) bond motifs is 1. The highest BCUT2D eigenvalue weighted by molar-refractivity contribution is 5.94. The highest BCUT2D eigenvalue weighted by atomic mass is 16.3. The van der Waals surface area contributed by atoms with E-state index in [2.05, 4.69) is 10.1 Å². The minimum Gasteiger partial charge on any atom is -0.396 e. The van der Waals surface area contributed by atoms with Gasteiger partial charge in [-0.3, -0.25) is 4.79 Å². The quantitative estimate of drug-likeness (QED) is 0.722. The Kier molecular flexibility index (Phi) is 3.57. The molecule has 2 fully saturated rings. The second-order valence-electron chi connectivity index (χ2n) is 7.47. The maximum atomic E-state index is 13.0. The minimum atomic E-state index is -0.654. The predicted molar refractivity (Wildman–Crippen MR) is 97.1 cm³/mol. The number of benzene rings is 1. The Balaban J connectivity index is 1.43. The van der Waals surface area contributed by atoms with Gasteiger partial charge in [-0.1, -0.05) is 30.3 Å². The number of aromatic nitrogens is 3. The molecule has 27 heavy (non-hydrogen) atoms. The molecule has 1 aromatic carbocycles. The van der Waals surface area contributed by atoms with Crippen LogP contribution in [0.5, 0.6) is 0 Å². The van der Waals surface area contributed by atoms with Crippen molar-refractivity contribution in [2.24, 2.45) is 11.3 Å². The molecule has 0 unspecified atom stereocenters. The van der Waals surface area contributed by atoms with E-state index in [4.69, 9.17) is 0 Å². The number of aliphatic hydroxyl groups is 2. The maximum Gasteiger partial charge on any atom is 0.255 e. The van der Waals surface area contributed by atoms with Gasteiger partial charge in [0, 0.05) is 31.3 Å². The number of hydrogen-bond donors (Lipinski definition) is 2. The van der Waals surface area contributed by atoms with Crippen molar-refractivity contribution >= 4 is 11.6 Å². The fraction of sp³-hybridized carbons (Fsp3) is 0.350. The smallest absolute Gasteiger partial charge is 0.255 e. The SMILES string of the molecule is O=C(c1ccc2ncnn2c1)N1C[C@H](O)[C@@]2(C1)[C@H](CO)[C@H]2c1ccccc1. The molecule has 1 saturated heterocycles. The molecule has 1 spiro atoms. The van der Waals surface area contributed by atoms with E-state index in [0.29, 0.717) is 17.8 Å². The van der Waals surface area contributed by atoms with Gasteiger partial charge in [0.1, 0.15) is 6.33 Å². The van der Waals surface area contributed by atoms with Crippen LogP contribution in [0.2, 0.25) is 0 Å². The normalized spacial score (nSPS) is 29.6. The Morgan fingerprint density at radius 1 is 1.22 bits per heavy atom. The van der Waals surface area contributed by atoms with Gasteiger partial charge in [-0.15, -0.1) is 0 Å². The van der Waals surface area contributed by atoms with Crippen molar-refractivity contribution in [2.75, 3.05) is 19.7 Å². The summed E-state index contributed by atoms with van der Waals surface area (Å²) in [6, 6.07) is 13.4. The van der Waals surface area contributed by atoms with Crippen LogP contribution in [0.15, 0.2) is 55.0 Å². The monoisotopic (exact) mass is 364 g/mol. The molecule has 2 N–H and O–H groups in total. The Hall–Kier alpha value is -2.77. The first kappa shape index (κ1) is 16.4. The van der Waals surface area contributed by atoms with Crippen LogP contribution in [0, 0.1) is 11.3 Å². The highest BCUT2D eigenvalue weighted by Crippen LogP contribution is 2.68. The molecule has 1 aliphatic heterocycles. The second-order valence-corrected chi connectivity index (χ2v) is 7.47. The van der Waals surface area contributed by atoms with Gasteiger partial charge in [-0.25, -0.2) is 9.50 Å². The minimum absolute atomic E-state index is 0.00354. The van der Waals surface area contributed by atoms with Gasteiger partial charge in [-0.05, 0) is 29.5 Å². The van der Waals surface area contributed by atoms with Crippen molar-refractivity contribution in [2.45, 2.75) is 12.0 Å². The number of likely N-dealkylation sites (tertiary alicyclic amines) is 1. The third kappa shape index (κ3) is 2.32. The third-order valence-electron chi connectivity index (χ3n) is 6.20. The first-order valence-electron chi connectivity index (χ1n) is 9.07. The zero-order valence-electron chi connectivity index (χ0n) is 14.6. The molecule has 3 heterocycles. The number of rotatable bonds is 3. The molecule has 0 radical (unpaired) electrons. The van der Waals surface area contributed by atoms with Crippen LogP contribution in [0.4, 0.5) is 0 Å². The Labute approximate surface area is 155 Å². The molecule has 7 nitrogen and oxygen atoms in total. The highest BCUT2D eigenvalue weighted by Gasteiger charge is 2.71. The molecule has 5 rings (SSSR count). The largest absolute Gasteiger partial charge is 0.396 e. The number of amides is 1. The van der Waals surface area contributed by atoms with Crippen molar-refractivity contribution in [3.05, 3.63) is 66.1 Å². The molecular weight excluding hydrogens is 344 g/mol. The van der Waals surface area contributed by atoms with Crippen molar-refractivity contribution in [3.8, 4) is 0 Å². The lowest BCUT2D eigenvalue weighted by molar-refractivity contribution is 0.0763. The Bertz CT molecular complexity index is 1000. The van der Waals surface area contributed by atoms with E-state index < -0.39 is 11.5 Å². The summed E-state index contributed by atoms with van der Waals surface area (Å²) in [5, 5.41) is 24.8. The number of pyridine rings is 1. The Morgan fingerprint density at radius 2 is 2.04 bits per heavy atom. The van der Waals surface area contributed by atoms with Gasteiger partial charge in [0.2, 0.25) is 0 Å². The first-order valence-corrected chi connectivity index (χ1v) is 9.07. The molecule has 0 bridgehead atoms. The number of β-amino-alcohol motifs (C(OH)–C–C–N with tert-alkyl or cyclic N) is 1. The molecule has 138 valence electrons. The summed E-state index contributed by atoms with van der Waals surface area (Å²) >= 11 is 0. The average Bonchev–Trinajstić information content (AvgIpc) is 2.96. The van der Waals surface area contributed by atoms with E-state index >= 15 is 0 Å². The second kappa shape index (κ2) is 5.87. The zero-order valence-corrected chi connectivity index (χ0v) is 14.6. The van der Waals surface area contributed by atoms with Gasteiger partial charge < -0.3 is 15.1 Å². The van der Waals surface area contributed by atoms with Crippen molar-refractivity contribution in [1.29, 1.82) is 0 Å². The van der Waals surface area contributed by atoms with E-state index in [1.807, 2.05) is 30.3 Å². The molecule has 7 heteroatoms. The van der Waals surface area contributed by atoms with Crippen LogP contribution in [-0.4, -0.2) is 61.4 Å². The van der Waals surface area contributed by atoms with E-state index in [0.717, 1.165) is 5.56 Å². The maximum absolute atomic E-state index is 13.0. The van der Waals surface area contributed by atoms with Gasteiger partial charge in [0.25, 0.3) is 5.91 Å². The molecular formula is C20H20N4O3. The zero-order chi connectivity index (χ0) is 18.6. The lowest BCUT2D eigenvalue weighted by atomic mass is 9.95. The van der Waals surface area contributed by atoms with E-state index in [1.54, 1.807) is 27.7 Å². The number of nitrogens with zero attached hydrogens (tertiary/aromatic N) is 4. The molecule has 1 saturated carbocycles. The first-order chi connectivity index (χ1) is 13.1. The third-order valence-corrected chi connectivity index (χ3v) is 6.20.